The first kappa shape index (κ1) is 25.3. The highest BCUT2D eigenvalue weighted by molar-refractivity contribution is 7.43. The van der Waals surface area contributed by atoms with Gasteiger partial charge in [-0.25, -0.2) is 0 Å². The van der Waals surface area contributed by atoms with Gasteiger partial charge in [0.1, 0.15) is 0 Å². The Morgan fingerprint density at radius 2 is 1.00 bits per heavy atom. The van der Waals surface area contributed by atoms with E-state index in [9.17, 15) is 0 Å². The maximum absolute atomic E-state index is 8.77. The van der Waals surface area contributed by atoms with Crippen LogP contribution in [0.3, 0.4) is 0 Å². The van der Waals surface area contributed by atoms with Crippen LogP contribution in [0.25, 0.3) is 0 Å². The third-order valence-corrected chi connectivity index (χ3v) is 3.98. The third-order valence-electron chi connectivity index (χ3n) is 3.98. The summed E-state index contributed by atoms with van der Waals surface area (Å²) in [6.07, 6.45) is 15.6. The molecular weight excluding hydrogens is 313 g/mol. The number of hydrogen-bond donors (Lipinski definition) is 2. The molecule has 0 rings (SSSR count). The maximum Gasteiger partial charge on any atom is 0.262 e. The average molecular weight is 353 g/mol. The second-order valence-electron chi connectivity index (χ2n) is 7.06. The lowest BCUT2D eigenvalue weighted by molar-refractivity contribution is -0.890. The van der Waals surface area contributed by atoms with E-state index < -0.39 is 7.82 Å². The summed E-state index contributed by atoms with van der Waals surface area (Å²) in [5.74, 6) is 0. The lowest BCUT2D eigenvalue weighted by Crippen LogP contribution is -2.41. The first-order valence-corrected chi connectivity index (χ1v) is 10.7. The fraction of sp³-hybridized carbons (Fsp3) is 1.00. The Morgan fingerprint density at radius 3 is 1.35 bits per heavy atom. The molecule has 0 fully saturated rings. The van der Waals surface area contributed by atoms with Crippen LogP contribution >= 0.6 is 7.82 Å². The van der Waals surface area contributed by atoms with E-state index in [0.717, 1.165) is 0 Å². The van der Waals surface area contributed by atoms with Crippen LogP contribution in [-0.2, 0) is 4.57 Å². The highest BCUT2D eigenvalue weighted by Gasteiger charge is 2.13. The lowest BCUT2D eigenvalue weighted by atomic mass is 10.1. The Morgan fingerprint density at radius 1 is 0.739 bits per heavy atom. The van der Waals surface area contributed by atoms with Crippen LogP contribution in [0.15, 0.2) is 0 Å². The van der Waals surface area contributed by atoms with Crippen LogP contribution in [0, 0.1) is 0 Å². The summed E-state index contributed by atoms with van der Waals surface area (Å²) in [6, 6.07) is 0. The predicted molar refractivity (Wildman–Crippen MR) is 96.0 cm³/mol. The minimum absolute atomic E-state index is 1.23. The number of quaternary nitrogens is 1. The Kier molecular flexibility index (Phi) is 17.2. The molecule has 0 aliphatic heterocycles. The monoisotopic (exact) mass is 353 g/mol. The lowest BCUT2D eigenvalue weighted by Gasteiger charge is -2.30. The summed E-state index contributed by atoms with van der Waals surface area (Å²) in [5, 5.41) is 0. The average Bonchev–Trinajstić information content (AvgIpc) is 2.41. The molecule has 6 heteroatoms. The molecule has 0 amide bonds. The van der Waals surface area contributed by atoms with Crippen molar-refractivity contribution in [1.82, 2.24) is 0 Å². The van der Waals surface area contributed by atoms with Gasteiger partial charge in [-0.2, -0.15) is 0 Å². The van der Waals surface area contributed by atoms with Gasteiger partial charge in [-0.3, -0.25) is 4.57 Å². The van der Waals surface area contributed by atoms with Gasteiger partial charge in [-0.15, -0.1) is 0 Å². The van der Waals surface area contributed by atoms with Gasteiger partial charge < -0.3 is 19.2 Å². The molecule has 0 saturated carbocycles. The second-order valence-corrected chi connectivity index (χ2v) is 8.04. The van der Waals surface area contributed by atoms with Crippen molar-refractivity contribution in [3.05, 3.63) is 0 Å². The Bertz CT molecular complexity index is 284. The van der Waals surface area contributed by atoms with Crippen molar-refractivity contribution in [3.8, 4) is 0 Å². The number of hydrogen-bond acceptors (Lipinski definition) is 2. The van der Waals surface area contributed by atoms with Crippen molar-refractivity contribution in [2.24, 2.45) is 0 Å². The third kappa shape index (κ3) is 30.5. The van der Waals surface area contributed by atoms with Gasteiger partial charge in [0.25, 0.3) is 7.82 Å². The quantitative estimate of drug-likeness (QED) is 0.299. The van der Waals surface area contributed by atoms with E-state index in [1.165, 1.54) is 88.2 Å². The zero-order chi connectivity index (χ0) is 18.2. The zero-order valence-corrected chi connectivity index (χ0v) is 16.7. The molecule has 0 aliphatic carbocycles. The van der Waals surface area contributed by atoms with Gasteiger partial charge in [-0.1, -0.05) is 58.8 Å². The van der Waals surface area contributed by atoms with E-state index in [0.29, 0.717) is 0 Å². The molecular formula is C17H40NO4P. The maximum atomic E-state index is 8.77. The summed E-state index contributed by atoms with van der Waals surface area (Å²) >= 11 is 0. The van der Waals surface area contributed by atoms with Crippen molar-refractivity contribution in [2.75, 3.05) is 27.2 Å². The summed E-state index contributed by atoms with van der Waals surface area (Å²) in [5.41, 5.74) is 0. The zero-order valence-electron chi connectivity index (χ0n) is 15.8. The molecule has 0 aromatic rings. The van der Waals surface area contributed by atoms with Crippen LogP contribution in [0.5, 0.6) is 0 Å². The minimum Gasteiger partial charge on any atom is -0.756 e. The Balaban J connectivity index is 0. The first-order valence-electron chi connectivity index (χ1n) is 9.21. The fourth-order valence-electron chi connectivity index (χ4n) is 2.58. The number of rotatable bonds is 13. The van der Waals surface area contributed by atoms with E-state index in [4.69, 9.17) is 19.2 Å². The topological polar surface area (TPSA) is 80.6 Å². The van der Waals surface area contributed by atoms with Crippen molar-refractivity contribution in [3.63, 3.8) is 0 Å². The fourth-order valence-corrected chi connectivity index (χ4v) is 2.58. The van der Waals surface area contributed by atoms with E-state index in [2.05, 4.69) is 27.9 Å². The molecule has 0 saturated heterocycles. The number of unbranched alkanes of at least 4 members (excludes halogenated alkanes) is 9. The van der Waals surface area contributed by atoms with E-state index in [1.54, 1.807) is 0 Å². The van der Waals surface area contributed by atoms with Gasteiger partial charge in [0.15, 0.2) is 0 Å². The van der Waals surface area contributed by atoms with E-state index >= 15 is 0 Å². The normalized spacial score (nSPS) is 12.0. The SMILES string of the molecule is CCCCCCCCC[N+](C)(C)CCCCCC.O=P([O-])(O)O. The summed E-state index contributed by atoms with van der Waals surface area (Å²) < 4.78 is 10.0. The molecule has 0 aromatic carbocycles. The van der Waals surface area contributed by atoms with Crippen LogP contribution in [0.1, 0.15) is 84.5 Å². The standard InChI is InChI=1S/C17H38N.H3O4P/c1-5-7-9-11-12-13-15-17-18(3,4)16-14-10-8-6-2;1-5(2,3)4/h5-17H2,1-4H3;(H3,1,2,3,4)/q+1;/p-1. The molecule has 0 spiro atoms. The van der Waals surface area contributed by atoms with Crippen LogP contribution in [-0.4, -0.2) is 41.5 Å². The molecule has 0 atom stereocenters. The molecule has 23 heavy (non-hydrogen) atoms. The number of phosphoric acid groups is 1. The Hall–Kier alpha value is 0.0700. The second kappa shape index (κ2) is 15.6. The summed E-state index contributed by atoms with van der Waals surface area (Å²) in [7, 11) is -0.0773. The molecule has 142 valence electrons. The highest BCUT2D eigenvalue weighted by atomic mass is 31.2. The van der Waals surface area contributed by atoms with E-state index in [-0.39, 0.29) is 0 Å². The van der Waals surface area contributed by atoms with Crippen LogP contribution in [0.2, 0.25) is 0 Å². The van der Waals surface area contributed by atoms with Crippen molar-refractivity contribution >= 4 is 7.82 Å². The van der Waals surface area contributed by atoms with Crippen molar-refractivity contribution in [1.29, 1.82) is 0 Å². The molecule has 2 N–H and O–H groups in total. The molecule has 0 aromatic heterocycles. The largest absolute Gasteiger partial charge is 0.756 e. The van der Waals surface area contributed by atoms with E-state index in [1.807, 2.05) is 0 Å². The van der Waals surface area contributed by atoms with Gasteiger partial charge in [0.05, 0.1) is 27.2 Å². The van der Waals surface area contributed by atoms with Gasteiger partial charge in [-0.05, 0) is 25.7 Å². The van der Waals surface area contributed by atoms with Gasteiger partial charge in [0, 0.05) is 0 Å². The molecule has 0 radical (unpaired) electrons. The van der Waals surface area contributed by atoms with Gasteiger partial charge >= 0.3 is 0 Å². The number of nitrogens with zero attached hydrogens (tertiary/aromatic N) is 1. The molecule has 0 aliphatic rings. The predicted octanol–water partition coefficient (Wildman–Crippen LogP) is 3.83. The minimum atomic E-state index is -4.89. The van der Waals surface area contributed by atoms with Crippen molar-refractivity contribution in [2.45, 2.75) is 84.5 Å². The van der Waals surface area contributed by atoms with Crippen LogP contribution in [0.4, 0.5) is 0 Å². The molecule has 0 unspecified atom stereocenters. The summed E-state index contributed by atoms with van der Waals surface area (Å²) in [6.45, 7) is 7.33. The smallest absolute Gasteiger partial charge is 0.262 e. The Labute approximate surface area is 143 Å². The molecule has 5 nitrogen and oxygen atoms in total. The first-order chi connectivity index (χ1) is 10.6. The van der Waals surface area contributed by atoms with Crippen molar-refractivity contribution < 1.29 is 23.7 Å². The van der Waals surface area contributed by atoms with Crippen LogP contribution < -0.4 is 4.89 Å². The van der Waals surface area contributed by atoms with Gasteiger partial charge in [0.2, 0.25) is 0 Å². The molecule has 0 bridgehead atoms. The molecule has 0 heterocycles. The summed E-state index contributed by atoms with van der Waals surface area (Å²) in [4.78, 5) is 22.9. The highest BCUT2D eigenvalue weighted by Crippen LogP contribution is 2.19.